The number of aliphatic carboxylic acids is 1. The molecule has 9 heteroatoms. The summed E-state index contributed by atoms with van der Waals surface area (Å²) in [6, 6.07) is 0.433. The topological polar surface area (TPSA) is 75.4 Å². The molecule has 0 bridgehead atoms. The Morgan fingerprint density at radius 1 is 1.48 bits per heavy atom. The van der Waals surface area contributed by atoms with Crippen molar-refractivity contribution in [2.45, 2.75) is 19.0 Å². The molecule has 116 valence electrons. The van der Waals surface area contributed by atoms with E-state index in [9.17, 15) is 22.8 Å². The van der Waals surface area contributed by atoms with Crippen LogP contribution in [0, 0.1) is 5.92 Å². The van der Waals surface area contributed by atoms with Gasteiger partial charge in [-0.1, -0.05) is 0 Å². The second kappa shape index (κ2) is 5.38. The minimum Gasteiger partial charge on any atom is -0.481 e. The van der Waals surface area contributed by atoms with Gasteiger partial charge in [-0.05, 0) is 12.8 Å². The quantitative estimate of drug-likeness (QED) is 0.885. The molecule has 0 aromatic carbocycles. The van der Waals surface area contributed by atoms with Gasteiger partial charge in [-0.15, -0.1) is 0 Å². The van der Waals surface area contributed by atoms with Gasteiger partial charge in [0.25, 0.3) is 5.56 Å². The summed E-state index contributed by atoms with van der Waals surface area (Å²) in [5.41, 5.74) is -2.09. The highest BCUT2D eigenvalue weighted by atomic mass is 19.4. The van der Waals surface area contributed by atoms with Crippen LogP contribution >= 0.6 is 0 Å². The third-order valence-electron chi connectivity index (χ3n) is 3.46. The van der Waals surface area contributed by atoms with E-state index in [-0.39, 0.29) is 12.5 Å². The smallest absolute Gasteiger partial charge is 0.433 e. The van der Waals surface area contributed by atoms with Crippen molar-refractivity contribution in [3.05, 3.63) is 22.1 Å². The Hall–Kier alpha value is -2.06. The van der Waals surface area contributed by atoms with Crippen molar-refractivity contribution in [1.82, 2.24) is 9.55 Å². The zero-order chi connectivity index (χ0) is 15.8. The van der Waals surface area contributed by atoms with Crippen molar-refractivity contribution in [1.29, 1.82) is 0 Å². The molecule has 2 rings (SSSR count). The average molecular weight is 305 g/mol. The molecule has 0 radical (unpaired) electrons. The van der Waals surface area contributed by atoms with Crippen molar-refractivity contribution in [3.63, 3.8) is 0 Å². The maximum absolute atomic E-state index is 12.7. The van der Waals surface area contributed by atoms with Gasteiger partial charge in [-0.2, -0.15) is 13.2 Å². The molecule has 1 aliphatic rings. The first-order chi connectivity index (χ1) is 9.70. The third kappa shape index (κ3) is 3.17. The van der Waals surface area contributed by atoms with Gasteiger partial charge in [0.15, 0.2) is 5.69 Å². The Morgan fingerprint density at radius 3 is 2.71 bits per heavy atom. The summed E-state index contributed by atoms with van der Waals surface area (Å²) in [5.74, 6) is -1.83. The molecular weight excluding hydrogens is 291 g/mol. The number of halogens is 3. The lowest BCUT2D eigenvalue weighted by Gasteiger charge is -2.32. The van der Waals surface area contributed by atoms with Gasteiger partial charge in [-0.25, -0.2) is 4.98 Å². The molecule has 0 saturated carbocycles. The number of alkyl halides is 3. The molecule has 1 saturated heterocycles. The molecule has 1 aliphatic heterocycles. The monoisotopic (exact) mass is 305 g/mol. The second-order valence-electron chi connectivity index (χ2n) is 4.96. The van der Waals surface area contributed by atoms with Crippen LogP contribution in [-0.4, -0.2) is 33.7 Å². The lowest BCUT2D eigenvalue weighted by Crippen LogP contribution is -2.42. The van der Waals surface area contributed by atoms with Crippen molar-refractivity contribution >= 4 is 11.9 Å². The van der Waals surface area contributed by atoms with E-state index in [0.29, 0.717) is 25.5 Å². The highest BCUT2D eigenvalue weighted by Gasteiger charge is 2.35. The first-order valence-electron chi connectivity index (χ1n) is 6.33. The highest BCUT2D eigenvalue weighted by molar-refractivity contribution is 5.71. The minimum absolute atomic E-state index is 0.0386. The Balaban J connectivity index is 2.41. The first-order valence-corrected chi connectivity index (χ1v) is 6.33. The maximum Gasteiger partial charge on any atom is 0.433 e. The highest BCUT2D eigenvalue weighted by Crippen LogP contribution is 2.28. The lowest BCUT2D eigenvalue weighted by molar-refractivity contribution is -0.142. The van der Waals surface area contributed by atoms with Crippen LogP contribution in [-0.2, 0) is 18.0 Å². The van der Waals surface area contributed by atoms with Crippen molar-refractivity contribution in [2.75, 3.05) is 18.0 Å². The normalized spacial score (nSPS) is 19.6. The van der Waals surface area contributed by atoms with Crippen LogP contribution < -0.4 is 10.5 Å². The Morgan fingerprint density at radius 2 is 2.14 bits per heavy atom. The number of carbonyl (C=O) groups is 1. The van der Waals surface area contributed by atoms with Crippen molar-refractivity contribution in [3.8, 4) is 0 Å². The van der Waals surface area contributed by atoms with Gasteiger partial charge in [0.2, 0.25) is 5.95 Å². The molecule has 1 aromatic rings. The molecule has 2 heterocycles. The number of hydrogen-bond acceptors (Lipinski definition) is 4. The van der Waals surface area contributed by atoms with E-state index in [0.717, 1.165) is 4.57 Å². The average Bonchev–Trinajstić information content (AvgIpc) is 2.40. The molecule has 21 heavy (non-hydrogen) atoms. The number of anilines is 1. The van der Waals surface area contributed by atoms with Gasteiger partial charge in [0.05, 0.1) is 5.92 Å². The fourth-order valence-electron chi connectivity index (χ4n) is 2.32. The van der Waals surface area contributed by atoms with E-state index in [1.165, 1.54) is 11.9 Å². The van der Waals surface area contributed by atoms with Crippen LogP contribution in [0.4, 0.5) is 19.1 Å². The fraction of sp³-hybridized carbons (Fsp3) is 0.583. The predicted octanol–water partition coefficient (Wildman–Crippen LogP) is 1.10. The largest absolute Gasteiger partial charge is 0.481 e. The summed E-state index contributed by atoms with van der Waals surface area (Å²) < 4.78 is 39.2. The summed E-state index contributed by atoms with van der Waals surface area (Å²) >= 11 is 0. The number of nitrogens with zero attached hydrogens (tertiary/aromatic N) is 3. The summed E-state index contributed by atoms with van der Waals surface area (Å²) in [5, 5.41) is 9.02. The Labute approximate surface area is 117 Å². The standard InChI is InChI=1S/C12H14F3N3O3/c1-17-9(19)5-8(12(13,14)15)16-11(17)18-4-2-3-7(6-18)10(20)21/h5,7H,2-4,6H2,1H3,(H,20,21). The van der Waals surface area contributed by atoms with Crippen LogP contribution in [0.2, 0.25) is 0 Å². The number of rotatable bonds is 2. The zero-order valence-corrected chi connectivity index (χ0v) is 11.2. The molecule has 1 aromatic heterocycles. The fourth-order valence-corrected chi connectivity index (χ4v) is 2.32. The molecule has 0 amide bonds. The summed E-state index contributed by atoms with van der Waals surface area (Å²) in [4.78, 5) is 27.6. The van der Waals surface area contributed by atoms with E-state index in [1.54, 1.807) is 0 Å². The summed E-state index contributed by atoms with van der Waals surface area (Å²) in [6.07, 6.45) is -3.74. The summed E-state index contributed by atoms with van der Waals surface area (Å²) in [6.45, 7) is 0.405. The Bertz CT molecular complexity index is 612. The van der Waals surface area contributed by atoms with E-state index >= 15 is 0 Å². The van der Waals surface area contributed by atoms with E-state index < -0.39 is 29.3 Å². The van der Waals surface area contributed by atoms with Gasteiger partial charge in [-0.3, -0.25) is 14.2 Å². The first kappa shape index (κ1) is 15.3. The minimum atomic E-state index is -4.72. The molecule has 1 N–H and O–H groups in total. The third-order valence-corrected chi connectivity index (χ3v) is 3.46. The van der Waals surface area contributed by atoms with Crippen LogP contribution in [0.5, 0.6) is 0 Å². The van der Waals surface area contributed by atoms with Crippen molar-refractivity contribution < 1.29 is 23.1 Å². The number of carboxylic acid groups (broad SMARTS) is 1. The van der Waals surface area contributed by atoms with E-state index in [2.05, 4.69) is 4.98 Å². The van der Waals surface area contributed by atoms with Crippen LogP contribution in [0.1, 0.15) is 18.5 Å². The van der Waals surface area contributed by atoms with Gasteiger partial charge in [0.1, 0.15) is 0 Å². The maximum atomic E-state index is 12.7. The Kier molecular flexibility index (Phi) is 3.93. The van der Waals surface area contributed by atoms with Gasteiger partial charge in [0, 0.05) is 26.2 Å². The van der Waals surface area contributed by atoms with Gasteiger partial charge >= 0.3 is 12.1 Å². The second-order valence-corrected chi connectivity index (χ2v) is 4.96. The van der Waals surface area contributed by atoms with Gasteiger partial charge < -0.3 is 10.0 Å². The number of carboxylic acids is 1. The summed E-state index contributed by atoms with van der Waals surface area (Å²) in [7, 11) is 1.31. The zero-order valence-electron chi connectivity index (χ0n) is 11.2. The molecule has 0 aliphatic carbocycles. The van der Waals surface area contributed by atoms with Crippen molar-refractivity contribution in [2.24, 2.45) is 13.0 Å². The molecule has 1 unspecified atom stereocenters. The van der Waals surface area contributed by atoms with E-state index in [4.69, 9.17) is 5.11 Å². The molecule has 0 spiro atoms. The van der Waals surface area contributed by atoms with Crippen LogP contribution in [0.15, 0.2) is 10.9 Å². The number of aromatic nitrogens is 2. The molecular formula is C12H14F3N3O3. The SMILES string of the molecule is Cn1c(N2CCCC(C(=O)O)C2)nc(C(F)(F)F)cc1=O. The van der Waals surface area contributed by atoms with Crippen LogP contribution in [0.3, 0.4) is 0 Å². The molecule has 6 nitrogen and oxygen atoms in total. The van der Waals surface area contributed by atoms with E-state index in [1.807, 2.05) is 0 Å². The van der Waals surface area contributed by atoms with Crippen LogP contribution in [0.25, 0.3) is 0 Å². The molecule has 1 atom stereocenters. The number of hydrogen-bond donors (Lipinski definition) is 1. The predicted molar refractivity (Wildman–Crippen MR) is 67.1 cm³/mol. The number of piperidine rings is 1. The lowest BCUT2D eigenvalue weighted by atomic mass is 9.99. The molecule has 1 fully saturated rings.